The van der Waals surface area contributed by atoms with E-state index in [1.54, 1.807) is 0 Å². The zero-order valence-electron chi connectivity index (χ0n) is 17.3. The summed E-state index contributed by atoms with van der Waals surface area (Å²) in [6, 6.07) is 14.7. The number of fused-ring (bicyclic) bond motifs is 1. The molecule has 0 spiro atoms. The Morgan fingerprint density at radius 2 is 1.86 bits per heavy atom. The van der Waals surface area contributed by atoms with E-state index >= 15 is 0 Å². The van der Waals surface area contributed by atoms with Crippen LogP contribution in [0.2, 0.25) is 0 Å². The first kappa shape index (κ1) is 19.4. The van der Waals surface area contributed by atoms with Crippen LogP contribution in [-0.4, -0.2) is 15.5 Å². The van der Waals surface area contributed by atoms with Crippen molar-refractivity contribution in [3.05, 3.63) is 88.5 Å². The van der Waals surface area contributed by atoms with Gasteiger partial charge >= 0.3 is 0 Å². The van der Waals surface area contributed by atoms with Gasteiger partial charge in [-0.1, -0.05) is 37.3 Å². The minimum absolute atomic E-state index is 0.0140. The van der Waals surface area contributed by atoms with Gasteiger partial charge in [0, 0.05) is 24.5 Å². The fourth-order valence-corrected chi connectivity index (χ4v) is 4.16. The second-order valence-corrected chi connectivity index (χ2v) is 7.97. The van der Waals surface area contributed by atoms with Crippen molar-refractivity contribution in [1.29, 1.82) is 0 Å². The van der Waals surface area contributed by atoms with Crippen LogP contribution >= 0.6 is 0 Å². The van der Waals surface area contributed by atoms with E-state index in [1.807, 2.05) is 43.6 Å². The number of hydrogen-bond donors (Lipinski definition) is 1. The first-order chi connectivity index (χ1) is 14.1. The highest BCUT2D eigenvalue weighted by molar-refractivity contribution is 5.94. The van der Waals surface area contributed by atoms with E-state index in [2.05, 4.69) is 40.0 Å². The third-order valence-corrected chi connectivity index (χ3v) is 5.98. The molecule has 1 aliphatic rings. The second kappa shape index (κ2) is 8.64. The van der Waals surface area contributed by atoms with E-state index in [1.165, 1.54) is 36.0 Å². The van der Waals surface area contributed by atoms with Crippen molar-refractivity contribution < 1.29 is 4.79 Å². The monoisotopic (exact) mass is 387 g/mol. The summed E-state index contributed by atoms with van der Waals surface area (Å²) in [7, 11) is 0. The number of carbonyl (C=O) groups is 1. The van der Waals surface area contributed by atoms with Crippen LogP contribution in [0.1, 0.15) is 70.7 Å². The molecule has 3 aromatic rings. The molecule has 1 aromatic heterocycles. The number of nitrogens with one attached hydrogen (secondary N) is 1. The molecule has 1 aliphatic carbocycles. The number of aromatic nitrogens is 2. The number of carbonyl (C=O) groups excluding carboxylic acids is 1. The predicted molar refractivity (Wildman–Crippen MR) is 116 cm³/mol. The maximum atomic E-state index is 12.8. The summed E-state index contributed by atoms with van der Waals surface area (Å²) in [6.45, 7) is 4.88. The van der Waals surface area contributed by atoms with Crippen LogP contribution in [0.15, 0.2) is 54.9 Å². The molecule has 0 fully saturated rings. The lowest BCUT2D eigenvalue weighted by atomic mass is 9.88. The van der Waals surface area contributed by atoms with Gasteiger partial charge in [-0.2, -0.15) is 0 Å². The molecule has 2 aromatic carbocycles. The van der Waals surface area contributed by atoms with Crippen molar-refractivity contribution in [2.24, 2.45) is 0 Å². The van der Waals surface area contributed by atoms with Gasteiger partial charge < -0.3 is 9.88 Å². The van der Waals surface area contributed by atoms with Crippen molar-refractivity contribution in [2.75, 3.05) is 0 Å². The Hall–Kier alpha value is -2.88. The molecule has 4 heteroatoms. The SMILES string of the molecule is CC[C@@H](NC(=O)c1ccc(Cn2ccnc2C)cc1)c1ccc2c(c1)CCCC2. The molecular formula is C25H29N3O. The molecule has 0 bridgehead atoms. The van der Waals surface area contributed by atoms with E-state index < -0.39 is 0 Å². The van der Waals surface area contributed by atoms with Gasteiger partial charge in [-0.25, -0.2) is 4.98 Å². The number of benzene rings is 2. The number of hydrogen-bond acceptors (Lipinski definition) is 2. The van der Waals surface area contributed by atoms with Gasteiger partial charge in [0.2, 0.25) is 0 Å². The molecule has 0 aliphatic heterocycles. The third kappa shape index (κ3) is 4.42. The Bertz CT molecular complexity index is 988. The fraction of sp³-hybridized carbons (Fsp3) is 0.360. The lowest BCUT2D eigenvalue weighted by molar-refractivity contribution is 0.0935. The molecule has 1 heterocycles. The van der Waals surface area contributed by atoms with Gasteiger partial charge in [-0.3, -0.25) is 4.79 Å². The van der Waals surface area contributed by atoms with Crippen LogP contribution in [0.25, 0.3) is 0 Å². The molecule has 0 radical (unpaired) electrons. The minimum Gasteiger partial charge on any atom is -0.345 e. The first-order valence-electron chi connectivity index (χ1n) is 10.6. The number of rotatable bonds is 6. The summed E-state index contributed by atoms with van der Waals surface area (Å²) in [5.74, 6) is 0.975. The summed E-state index contributed by atoms with van der Waals surface area (Å²) in [6.07, 6.45) is 9.56. The minimum atomic E-state index is -0.0140. The van der Waals surface area contributed by atoms with Crippen molar-refractivity contribution >= 4 is 5.91 Å². The van der Waals surface area contributed by atoms with Gasteiger partial charge in [0.25, 0.3) is 5.91 Å². The Morgan fingerprint density at radius 3 is 2.55 bits per heavy atom. The fourth-order valence-electron chi connectivity index (χ4n) is 4.16. The van der Waals surface area contributed by atoms with E-state index in [4.69, 9.17) is 0 Å². The van der Waals surface area contributed by atoms with Gasteiger partial charge in [0.1, 0.15) is 5.82 Å². The molecule has 29 heavy (non-hydrogen) atoms. The number of imidazole rings is 1. The highest BCUT2D eigenvalue weighted by atomic mass is 16.1. The highest BCUT2D eigenvalue weighted by Gasteiger charge is 2.17. The van der Waals surface area contributed by atoms with Crippen LogP contribution in [-0.2, 0) is 19.4 Å². The van der Waals surface area contributed by atoms with Crippen LogP contribution in [0.4, 0.5) is 0 Å². The zero-order valence-corrected chi connectivity index (χ0v) is 17.3. The lowest BCUT2D eigenvalue weighted by Crippen LogP contribution is -2.28. The number of aryl methyl sites for hydroxylation is 3. The number of nitrogens with zero attached hydrogens (tertiary/aromatic N) is 2. The maximum absolute atomic E-state index is 12.8. The Kier molecular flexibility index (Phi) is 5.79. The van der Waals surface area contributed by atoms with Crippen molar-refractivity contribution in [3.63, 3.8) is 0 Å². The highest BCUT2D eigenvalue weighted by Crippen LogP contribution is 2.26. The van der Waals surface area contributed by atoms with E-state index in [0.717, 1.165) is 30.8 Å². The predicted octanol–water partition coefficient (Wildman–Crippen LogP) is 5.00. The first-order valence-corrected chi connectivity index (χ1v) is 10.6. The van der Waals surface area contributed by atoms with Crippen LogP contribution in [0.3, 0.4) is 0 Å². The summed E-state index contributed by atoms with van der Waals surface area (Å²) >= 11 is 0. The average molecular weight is 388 g/mol. The van der Waals surface area contributed by atoms with Crippen molar-refractivity contribution in [3.8, 4) is 0 Å². The van der Waals surface area contributed by atoms with Crippen LogP contribution in [0.5, 0.6) is 0 Å². The summed E-state index contributed by atoms with van der Waals surface area (Å²) in [5, 5.41) is 3.23. The largest absolute Gasteiger partial charge is 0.345 e. The van der Waals surface area contributed by atoms with Gasteiger partial charge in [-0.15, -0.1) is 0 Å². The molecule has 1 atom stereocenters. The number of amides is 1. The standard InChI is InChI=1S/C25H29N3O/c1-3-24(23-13-12-20-6-4-5-7-22(20)16-23)27-25(29)21-10-8-19(9-11-21)17-28-15-14-26-18(28)2/h8-16,24H,3-7,17H2,1-2H3,(H,27,29)/t24-/m1/s1. The molecule has 4 rings (SSSR count). The average Bonchev–Trinajstić information content (AvgIpc) is 3.16. The van der Waals surface area contributed by atoms with E-state index in [-0.39, 0.29) is 11.9 Å². The molecule has 0 saturated heterocycles. The molecule has 1 amide bonds. The molecular weight excluding hydrogens is 358 g/mol. The van der Waals surface area contributed by atoms with Crippen molar-refractivity contribution in [1.82, 2.24) is 14.9 Å². The van der Waals surface area contributed by atoms with Gasteiger partial charge in [0.15, 0.2) is 0 Å². The molecule has 4 nitrogen and oxygen atoms in total. The van der Waals surface area contributed by atoms with Crippen molar-refractivity contribution in [2.45, 2.75) is 58.5 Å². The Morgan fingerprint density at radius 1 is 1.10 bits per heavy atom. The molecule has 0 unspecified atom stereocenters. The lowest BCUT2D eigenvalue weighted by Gasteiger charge is -2.22. The second-order valence-electron chi connectivity index (χ2n) is 7.97. The smallest absolute Gasteiger partial charge is 0.251 e. The maximum Gasteiger partial charge on any atom is 0.251 e. The summed E-state index contributed by atoms with van der Waals surface area (Å²) in [5.41, 5.74) is 6.01. The van der Waals surface area contributed by atoms with Crippen LogP contribution in [0, 0.1) is 6.92 Å². The molecule has 1 N–H and O–H groups in total. The van der Waals surface area contributed by atoms with E-state index in [0.29, 0.717) is 5.56 Å². The molecule has 150 valence electrons. The van der Waals surface area contributed by atoms with E-state index in [9.17, 15) is 4.79 Å². The zero-order chi connectivity index (χ0) is 20.2. The quantitative estimate of drug-likeness (QED) is 0.647. The third-order valence-electron chi connectivity index (χ3n) is 5.98. The summed E-state index contributed by atoms with van der Waals surface area (Å²) < 4.78 is 2.10. The topological polar surface area (TPSA) is 46.9 Å². The Balaban J connectivity index is 1.44. The van der Waals surface area contributed by atoms with Gasteiger partial charge in [0.05, 0.1) is 6.04 Å². The Labute approximate surface area is 173 Å². The normalized spacial score (nSPS) is 14.3. The molecule has 0 saturated carbocycles. The summed E-state index contributed by atoms with van der Waals surface area (Å²) in [4.78, 5) is 17.1. The van der Waals surface area contributed by atoms with Crippen LogP contribution < -0.4 is 5.32 Å². The van der Waals surface area contributed by atoms with Gasteiger partial charge in [-0.05, 0) is 73.4 Å².